The Bertz CT molecular complexity index is 299. The van der Waals surface area contributed by atoms with Crippen LogP contribution in [0.5, 0.6) is 5.88 Å². The van der Waals surface area contributed by atoms with Gasteiger partial charge in [-0.05, 0) is 24.0 Å². The highest BCUT2D eigenvalue weighted by Gasteiger charge is 2.04. The molecule has 78 valence electrons. The number of halogens is 1. The van der Waals surface area contributed by atoms with Crippen molar-refractivity contribution in [3.8, 4) is 5.88 Å². The van der Waals surface area contributed by atoms with Crippen molar-refractivity contribution in [1.82, 2.24) is 4.98 Å². The molecule has 0 unspecified atom stereocenters. The first-order valence-electron chi connectivity index (χ1n) is 4.90. The van der Waals surface area contributed by atoms with Crippen LogP contribution in [-0.4, -0.2) is 11.6 Å². The average molecular weight is 214 g/mol. The zero-order chi connectivity index (χ0) is 10.6. The van der Waals surface area contributed by atoms with Crippen molar-refractivity contribution in [2.75, 3.05) is 6.61 Å². The molecule has 0 aromatic carbocycles. The van der Waals surface area contributed by atoms with Crippen molar-refractivity contribution in [2.24, 2.45) is 5.92 Å². The molecule has 0 saturated heterocycles. The van der Waals surface area contributed by atoms with Gasteiger partial charge in [0, 0.05) is 6.20 Å². The van der Waals surface area contributed by atoms with Gasteiger partial charge in [0.25, 0.3) is 0 Å². The Morgan fingerprint density at radius 3 is 2.71 bits per heavy atom. The minimum atomic E-state index is 0.485. The maximum absolute atomic E-state index is 6.00. The van der Waals surface area contributed by atoms with Crippen molar-refractivity contribution < 1.29 is 4.74 Å². The van der Waals surface area contributed by atoms with E-state index in [4.69, 9.17) is 16.3 Å². The number of hydrogen-bond acceptors (Lipinski definition) is 2. The van der Waals surface area contributed by atoms with Crippen molar-refractivity contribution in [3.05, 3.63) is 22.8 Å². The standard InChI is InChI=1S/C11H16ClNO/c1-4-9-5-10(12)11(13-6-9)14-7-8(2)3/h5-6,8H,4,7H2,1-3H3. The first-order valence-corrected chi connectivity index (χ1v) is 5.28. The van der Waals surface area contributed by atoms with Gasteiger partial charge in [-0.2, -0.15) is 0 Å². The lowest BCUT2D eigenvalue weighted by atomic mass is 10.2. The highest BCUT2D eigenvalue weighted by Crippen LogP contribution is 2.22. The zero-order valence-corrected chi connectivity index (χ0v) is 9.64. The summed E-state index contributed by atoms with van der Waals surface area (Å²) in [5.41, 5.74) is 1.13. The second-order valence-electron chi connectivity index (χ2n) is 3.69. The minimum Gasteiger partial charge on any atom is -0.476 e. The van der Waals surface area contributed by atoms with Crippen LogP contribution < -0.4 is 4.74 Å². The normalized spacial score (nSPS) is 10.6. The molecule has 1 aromatic heterocycles. The molecule has 0 aliphatic rings. The van der Waals surface area contributed by atoms with E-state index in [1.54, 1.807) is 0 Å². The summed E-state index contributed by atoms with van der Waals surface area (Å²) in [7, 11) is 0. The summed E-state index contributed by atoms with van der Waals surface area (Å²) in [6.07, 6.45) is 2.75. The molecule has 0 aliphatic carbocycles. The summed E-state index contributed by atoms with van der Waals surface area (Å²) in [5, 5.41) is 0.602. The molecular weight excluding hydrogens is 198 g/mol. The maximum Gasteiger partial charge on any atom is 0.232 e. The van der Waals surface area contributed by atoms with E-state index in [-0.39, 0.29) is 0 Å². The Morgan fingerprint density at radius 1 is 1.50 bits per heavy atom. The van der Waals surface area contributed by atoms with Gasteiger partial charge in [0.15, 0.2) is 0 Å². The lowest BCUT2D eigenvalue weighted by molar-refractivity contribution is 0.261. The summed E-state index contributed by atoms with van der Waals surface area (Å²) in [5.74, 6) is 1.02. The van der Waals surface area contributed by atoms with Crippen molar-refractivity contribution in [2.45, 2.75) is 27.2 Å². The van der Waals surface area contributed by atoms with Gasteiger partial charge in [0.2, 0.25) is 5.88 Å². The summed E-state index contributed by atoms with van der Waals surface area (Å²) >= 11 is 6.00. The smallest absolute Gasteiger partial charge is 0.232 e. The first-order chi connectivity index (χ1) is 6.63. The van der Waals surface area contributed by atoms with Crippen LogP contribution in [0.25, 0.3) is 0 Å². The molecule has 0 spiro atoms. The van der Waals surface area contributed by atoms with E-state index in [1.165, 1.54) is 0 Å². The molecule has 0 fully saturated rings. The highest BCUT2D eigenvalue weighted by atomic mass is 35.5. The molecule has 0 radical (unpaired) electrons. The Labute approximate surface area is 90.3 Å². The van der Waals surface area contributed by atoms with Crippen LogP contribution in [0.2, 0.25) is 5.02 Å². The van der Waals surface area contributed by atoms with Crippen LogP contribution in [0.15, 0.2) is 12.3 Å². The van der Waals surface area contributed by atoms with Crippen LogP contribution in [0.1, 0.15) is 26.3 Å². The van der Waals surface area contributed by atoms with Crippen LogP contribution in [0, 0.1) is 5.92 Å². The van der Waals surface area contributed by atoms with E-state index >= 15 is 0 Å². The third kappa shape index (κ3) is 3.18. The average Bonchev–Trinajstić information content (AvgIpc) is 2.15. The van der Waals surface area contributed by atoms with Gasteiger partial charge in [-0.25, -0.2) is 4.98 Å². The van der Waals surface area contributed by atoms with Gasteiger partial charge >= 0.3 is 0 Å². The third-order valence-corrected chi connectivity index (χ3v) is 2.10. The summed E-state index contributed by atoms with van der Waals surface area (Å²) in [6, 6.07) is 1.91. The SMILES string of the molecule is CCc1cnc(OCC(C)C)c(Cl)c1. The Morgan fingerprint density at radius 2 is 2.21 bits per heavy atom. The van der Waals surface area contributed by atoms with Crippen LogP contribution in [-0.2, 0) is 6.42 Å². The molecule has 1 heterocycles. The molecular formula is C11H16ClNO. The van der Waals surface area contributed by atoms with Crippen molar-refractivity contribution in [1.29, 1.82) is 0 Å². The number of rotatable bonds is 4. The molecule has 0 saturated carbocycles. The molecule has 2 nitrogen and oxygen atoms in total. The Kier molecular flexibility index (Phi) is 4.21. The molecule has 0 aliphatic heterocycles. The van der Waals surface area contributed by atoms with Gasteiger partial charge in [-0.3, -0.25) is 0 Å². The van der Waals surface area contributed by atoms with E-state index in [0.717, 1.165) is 12.0 Å². The summed E-state index contributed by atoms with van der Waals surface area (Å²) in [6.45, 7) is 6.91. The van der Waals surface area contributed by atoms with E-state index < -0.39 is 0 Å². The topological polar surface area (TPSA) is 22.1 Å². The molecule has 0 atom stereocenters. The van der Waals surface area contributed by atoms with Gasteiger partial charge in [-0.15, -0.1) is 0 Å². The lowest BCUT2D eigenvalue weighted by Crippen LogP contribution is -2.06. The number of aryl methyl sites for hydroxylation is 1. The predicted octanol–water partition coefficient (Wildman–Crippen LogP) is 3.33. The maximum atomic E-state index is 6.00. The fourth-order valence-electron chi connectivity index (χ4n) is 1.01. The van der Waals surface area contributed by atoms with E-state index in [1.807, 2.05) is 12.3 Å². The number of pyridine rings is 1. The van der Waals surface area contributed by atoms with Gasteiger partial charge in [-0.1, -0.05) is 32.4 Å². The summed E-state index contributed by atoms with van der Waals surface area (Å²) < 4.78 is 5.45. The fraction of sp³-hybridized carbons (Fsp3) is 0.545. The van der Waals surface area contributed by atoms with Crippen LogP contribution >= 0.6 is 11.6 Å². The Balaban J connectivity index is 2.69. The molecule has 3 heteroatoms. The van der Waals surface area contributed by atoms with E-state index in [0.29, 0.717) is 23.4 Å². The van der Waals surface area contributed by atoms with Crippen molar-refractivity contribution >= 4 is 11.6 Å². The summed E-state index contributed by atoms with van der Waals surface area (Å²) in [4.78, 5) is 4.17. The van der Waals surface area contributed by atoms with Gasteiger partial charge in [0.05, 0.1) is 6.61 Å². The van der Waals surface area contributed by atoms with Crippen molar-refractivity contribution in [3.63, 3.8) is 0 Å². The van der Waals surface area contributed by atoms with E-state index in [2.05, 4.69) is 25.8 Å². The van der Waals surface area contributed by atoms with E-state index in [9.17, 15) is 0 Å². The molecule has 0 bridgehead atoms. The fourth-order valence-corrected chi connectivity index (χ4v) is 1.25. The molecule has 1 rings (SSSR count). The molecule has 0 N–H and O–H groups in total. The zero-order valence-electron chi connectivity index (χ0n) is 8.88. The number of ether oxygens (including phenoxy) is 1. The third-order valence-electron chi connectivity index (χ3n) is 1.83. The molecule has 14 heavy (non-hydrogen) atoms. The number of aromatic nitrogens is 1. The second kappa shape index (κ2) is 5.20. The highest BCUT2D eigenvalue weighted by molar-refractivity contribution is 6.31. The van der Waals surface area contributed by atoms with Gasteiger partial charge < -0.3 is 4.74 Å². The molecule has 0 amide bonds. The molecule has 1 aromatic rings. The Hall–Kier alpha value is -0.760. The first kappa shape index (κ1) is 11.3. The predicted molar refractivity (Wildman–Crippen MR) is 59.0 cm³/mol. The minimum absolute atomic E-state index is 0.485. The van der Waals surface area contributed by atoms with Gasteiger partial charge in [0.1, 0.15) is 5.02 Å². The monoisotopic (exact) mass is 213 g/mol. The van der Waals surface area contributed by atoms with Crippen LogP contribution in [0.3, 0.4) is 0 Å². The number of nitrogens with zero attached hydrogens (tertiary/aromatic N) is 1. The number of hydrogen-bond donors (Lipinski definition) is 0. The largest absolute Gasteiger partial charge is 0.476 e. The van der Waals surface area contributed by atoms with Crippen LogP contribution in [0.4, 0.5) is 0 Å². The lowest BCUT2D eigenvalue weighted by Gasteiger charge is -2.09. The second-order valence-corrected chi connectivity index (χ2v) is 4.10. The quantitative estimate of drug-likeness (QED) is 0.766.